The molecule has 16 heavy (non-hydrogen) atoms. The van der Waals surface area contributed by atoms with Crippen LogP contribution in [0.15, 0.2) is 12.2 Å². The van der Waals surface area contributed by atoms with E-state index in [2.05, 4.69) is 19.1 Å². The molecule has 1 fully saturated rings. The Hall–Kier alpha value is -0.830. The van der Waals surface area contributed by atoms with E-state index in [9.17, 15) is 4.79 Å². The molecule has 92 valence electrons. The fraction of sp³-hybridized carbons (Fsp3) is 0.769. The second kappa shape index (κ2) is 6.69. The Morgan fingerprint density at radius 1 is 1.50 bits per heavy atom. The largest absolute Gasteiger partial charge is 0.465 e. The SMILES string of the molecule is CC/C=C\CCC1C[C@H]1C(N)C(=O)OCC. The standard InChI is InChI=1S/C13H23NO2/c1-3-5-6-7-8-10-9-11(10)12(14)13(15)16-4-2/h5-6,10-12H,3-4,7-9,14H2,1-2H3/b6-5-/t10?,11-,12?/m1/s1. The minimum absolute atomic E-state index is 0.237. The molecule has 0 radical (unpaired) electrons. The molecule has 1 rings (SSSR count). The molecule has 0 aromatic rings. The monoisotopic (exact) mass is 225 g/mol. The van der Waals surface area contributed by atoms with Crippen LogP contribution in [0.1, 0.15) is 39.5 Å². The highest BCUT2D eigenvalue weighted by Crippen LogP contribution is 2.44. The fourth-order valence-corrected chi connectivity index (χ4v) is 2.05. The number of rotatable bonds is 7. The van der Waals surface area contributed by atoms with Gasteiger partial charge in [0.2, 0.25) is 0 Å². The van der Waals surface area contributed by atoms with Gasteiger partial charge in [0, 0.05) is 0 Å². The first-order chi connectivity index (χ1) is 7.70. The molecule has 0 spiro atoms. The predicted molar refractivity (Wildman–Crippen MR) is 64.9 cm³/mol. The molecule has 0 aliphatic heterocycles. The van der Waals surface area contributed by atoms with Gasteiger partial charge in [0.05, 0.1) is 6.61 Å². The van der Waals surface area contributed by atoms with Gasteiger partial charge in [-0.3, -0.25) is 4.79 Å². The van der Waals surface area contributed by atoms with Crippen molar-refractivity contribution in [2.24, 2.45) is 17.6 Å². The molecule has 0 aromatic heterocycles. The second-order valence-corrected chi connectivity index (χ2v) is 4.39. The summed E-state index contributed by atoms with van der Waals surface area (Å²) in [6.45, 7) is 4.36. The summed E-state index contributed by atoms with van der Waals surface area (Å²) >= 11 is 0. The van der Waals surface area contributed by atoms with Crippen molar-refractivity contribution in [3.63, 3.8) is 0 Å². The van der Waals surface area contributed by atoms with Gasteiger partial charge in [-0.25, -0.2) is 0 Å². The van der Waals surface area contributed by atoms with Gasteiger partial charge >= 0.3 is 5.97 Å². The first kappa shape index (κ1) is 13.2. The third-order valence-corrected chi connectivity index (χ3v) is 3.10. The number of hydrogen-bond acceptors (Lipinski definition) is 3. The third-order valence-electron chi connectivity index (χ3n) is 3.10. The average Bonchev–Trinajstić information content (AvgIpc) is 3.03. The maximum atomic E-state index is 11.4. The zero-order chi connectivity index (χ0) is 12.0. The summed E-state index contributed by atoms with van der Waals surface area (Å²) in [5.41, 5.74) is 5.84. The third kappa shape index (κ3) is 3.97. The normalized spacial score (nSPS) is 25.7. The van der Waals surface area contributed by atoms with E-state index in [1.165, 1.54) is 0 Å². The molecule has 0 aromatic carbocycles. The molecular formula is C13H23NO2. The van der Waals surface area contributed by atoms with Crippen molar-refractivity contribution in [3.05, 3.63) is 12.2 Å². The Kier molecular flexibility index (Phi) is 5.53. The van der Waals surface area contributed by atoms with E-state index in [1.807, 2.05) is 6.92 Å². The van der Waals surface area contributed by atoms with E-state index in [1.54, 1.807) is 0 Å². The summed E-state index contributed by atoms with van der Waals surface area (Å²) in [5.74, 6) is 0.745. The van der Waals surface area contributed by atoms with Crippen LogP contribution in [-0.4, -0.2) is 18.6 Å². The highest BCUT2D eigenvalue weighted by molar-refractivity contribution is 5.76. The molecule has 0 saturated heterocycles. The highest BCUT2D eigenvalue weighted by atomic mass is 16.5. The van der Waals surface area contributed by atoms with Crippen molar-refractivity contribution in [3.8, 4) is 0 Å². The van der Waals surface area contributed by atoms with Crippen molar-refractivity contribution < 1.29 is 9.53 Å². The smallest absolute Gasteiger partial charge is 0.323 e. The van der Waals surface area contributed by atoms with Gasteiger partial charge in [-0.2, -0.15) is 0 Å². The molecule has 1 aliphatic rings. The van der Waals surface area contributed by atoms with Crippen LogP contribution >= 0.6 is 0 Å². The number of ether oxygens (including phenoxy) is 1. The van der Waals surface area contributed by atoms with Gasteiger partial charge in [0.15, 0.2) is 0 Å². The number of allylic oxidation sites excluding steroid dienone is 2. The Labute approximate surface area is 98.0 Å². The van der Waals surface area contributed by atoms with Crippen LogP contribution in [-0.2, 0) is 9.53 Å². The minimum atomic E-state index is -0.403. The maximum Gasteiger partial charge on any atom is 0.323 e. The highest BCUT2D eigenvalue weighted by Gasteiger charge is 2.44. The summed E-state index contributed by atoms with van der Waals surface area (Å²) in [6.07, 6.45) is 8.82. The lowest BCUT2D eigenvalue weighted by molar-refractivity contribution is -0.145. The Balaban J connectivity index is 2.17. The quantitative estimate of drug-likeness (QED) is 0.534. The molecule has 1 saturated carbocycles. The van der Waals surface area contributed by atoms with Gasteiger partial charge in [-0.15, -0.1) is 0 Å². The van der Waals surface area contributed by atoms with Crippen LogP contribution in [0.25, 0.3) is 0 Å². The maximum absolute atomic E-state index is 11.4. The molecule has 3 nitrogen and oxygen atoms in total. The molecule has 0 amide bonds. The van der Waals surface area contributed by atoms with Crippen molar-refractivity contribution >= 4 is 5.97 Å². The van der Waals surface area contributed by atoms with Gasteiger partial charge in [-0.05, 0) is 44.4 Å². The van der Waals surface area contributed by atoms with Crippen molar-refractivity contribution in [1.29, 1.82) is 0 Å². The molecule has 3 heteroatoms. The first-order valence-electron chi connectivity index (χ1n) is 6.27. The number of carbonyl (C=O) groups is 1. The van der Waals surface area contributed by atoms with Crippen molar-refractivity contribution in [2.75, 3.05) is 6.61 Å². The zero-order valence-electron chi connectivity index (χ0n) is 10.3. The van der Waals surface area contributed by atoms with Crippen molar-refractivity contribution in [2.45, 2.75) is 45.6 Å². The molecule has 0 bridgehead atoms. The second-order valence-electron chi connectivity index (χ2n) is 4.39. The molecule has 0 heterocycles. The van der Waals surface area contributed by atoms with E-state index in [0.29, 0.717) is 18.4 Å². The van der Waals surface area contributed by atoms with Crippen LogP contribution < -0.4 is 5.73 Å². The summed E-state index contributed by atoms with van der Waals surface area (Å²) in [7, 11) is 0. The van der Waals surface area contributed by atoms with Gasteiger partial charge in [0.25, 0.3) is 0 Å². The topological polar surface area (TPSA) is 52.3 Å². The molecular weight excluding hydrogens is 202 g/mol. The van der Waals surface area contributed by atoms with Crippen LogP contribution in [0, 0.1) is 11.8 Å². The summed E-state index contributed by atoms with van der Waals surface area (Å²) in [5, 5.41) is 0. The van der Waals surface area contributed by atoms with E-state index >= 15 is 0 Å². The molecule has 1 aliphatic carbocycles. The number of hydrogen-bond donors (Lipinski definition) is 1. The van der Waals surface area contributed by atoms with Gasteiger partial charge in [-0.1, -0.05) is 19.1 Å². The first-order valence-corrected chi connectivity index (χ1v) is 6.27. The Morgan fingerprint density at radius 2 is 2.25 bits per heavy atom. The Morgan fingerprint density at radius 3 is 2.88 bits per heavy atom. The van der Waals surface area contributed by atoms with Crippen molar-refractivity contribution in [1.82, 2.24) is 0 Å². The van der Waals surface area contributed by atoms with E-state index in [-0.39, 0.29) is 5.97 Å². The fourth-order valence-electron chi connectivity index (χ4n) is 2.05. The number of nitrogens with two attached hydrogens (primary N) is 1. The Bertz CT molecular complexity index is 250. The lowest BCUT2D eigenvalue weighted by atomic mass is 10.1. The molecule has 2 unspecified atom stereocenters. The van der Waals surface area contributed by atoms with Gasteiger partial charge < -0.3 is 10.5 Å². The average molecular weight is 225 g/mol. The molecule has 3 atom stereocenters. The minimum Gasteiger partial charge on any atom is -0.465 e. The summed E-state index contributed by atoms with van der Waals surface area (Å²) in [6, 6.07) is -0.403. The molecule has 2 N–H and O–H groups in total. The van der Waals surface area contributed by atoms with Crippen LogP contribution in [0.3, 0.4) is 0 Å². The predicted octanol–water partition coefficient (Wildman–Crippen LogP) is 2.26. The summed E-state index contributed by atoms with van der Waals surface area (Å²) in [4.78, 5) is 11.4. The summed E-state index contributed by atoms with van der Waals surface area (Å²) < 4.78 is 4.92. The van der Waals surface area contributed by atoms with Gasteiger partial charge in [0.1, 0.15) is 6.04 Å². The lowest BCUT2D eigenvalue weighted by Gasteiger charge is -2.09. The van der Waals surface area contributed by atoms with E-state index in [4.69, 9.17) is 10.5 Å². The number of carbonyl (C=O) groups excluding carboxylic acids is 1. The van der Waals surface area contributed by atoms with Crippen LogP contribution in [0.5, 0.6) is 0 Å². The van der Waals surface area contributed by atoms with E-state index in [0.717, 1.165) is 25.7 Å². The number of esters is 1. The zero-order valence-corrected chi connectivity index (χ0v) is 10.3. The lowest BCUT2D eigenvalue weighted by Crippen LogP contribution is -2.35. The van der Waals surface area contributed by atoms with E-state index < -0.39 is 6.04 Å². The van der Waals surface area contributed by atoms with Crippen LogP contribution in [0.2, 0.25) is 0 Å². The van der Waals surface area contributed by atoms with Crippen LogP contribution in [0.4, 0.5) is 0 Å².